The lowest BCUT2D eigenvalue weighted by molar-refractivity contribution is -0.143. The molecule has 2 aliphatic heterocycles. The van der Waals surface area contributed by atoms with Gasteiger partial charge in [-0.3, -0.25) is 9.59 Å². The minimum absolute atomic E-state index is 0.0343. The number of amides is 2. The SMILES string of the molecule is O=C(NC[C@@H]1CCCO1)[C@H](Cc1ccccc1)N(Cc1ccccc1)C(=O)COc1ccc(S(=O)(=O)N2CCOCC2)cc1. The molecule has 1 N–H and O–H groups in total. The van der Waals surface area contributed by atoms with E-state index >= 15 is 0 Å². The molecule has 234 valence electrons. The van der Waals surface area contributed by atoms with E-state index in [2.05, 4.69) is 5.32 Å². The third-order valence-corrected chi connectivity index (χ3v) is 9.70. The van der Waals surface area contributed by atoms with Crippen LogP contribution in [0.5, 0.6) is 5.75 Å². The summed E-state index contributed by atoms with van der Waals surface area (Å²) in [7, 11) is -3.65. The van der Waals surface area contributed by atoms with Crippen LogP contribution in [0, 0.1) is 0 Å². The number of carbonyl (C=O) groups excluding carboxylic acids is 2. The number of hydrogen-bond acceptors (Lipinski definition) is 7. The molecule has 0 unspecified atom stereocenters. The van der Waals surface area contributed by atoms with Gasteiger partial charge in [-0.25, -0.2) is 8.42 Å². The molecule has 0 spiro atoms. The van der Waals surface area contributed by atoms with E-state index in [1.807, 2.05) is 60.7 Å². The van der Waals surface area contributed by atoms with E-state index in [0.717, 1.165) is 24.0 Å². The maximum atomic E-state index is 13.8. The molecule has 2 heterocycles. The Labute approximate surface area is 259 Å². The molecule has 2 amide bonds. The number of nitrogens with one attached hydrogen (secondary N) is 1. The third-order valence-electron chi connectivity index (χ3n) is 7.79. The average Bonchev–Trinajstić information content (AvgIpc) is 3.59. The van der Waals surface area contributed by atoms with Crippen molar-refractivity contribution < 1.29 is 32.2 Å². The molecule has 3 aromatic carbocycles. The van der Waals surface area contributed by atoms with Crippen molar-refractivity contribution in [2.45, 2.75) is 42.8 Å². The van der Waals surface area contributed by atoms with Crippen LogP contribution < -0.4 is 10.1 Å². The summed E-state index contributed by atoms with van der Waals surface area (Å²) in [6, 6.07) is 24.4. The predicted octanol–water partition coefficient (Wildman–Crippen LogP) is 3.02. The summed E-state index contributed by atoms with van der Waals surface area (Å²) in [6.45, 7) is 2.28. The molecule has 2 atom stereocenters. The van der Waals surface area contributed by atoms with Crippen LogP contribution in [-0.4, -0.2) is 87.6 Å². The number of carbonyl (C=O) groups is 2. The van der Waals surface area contributed by atoms with Crippen molar-refractivity contribution in [2.24, 2.45) is 0 Å². The second-order valence-electron chi connectivity index (χ2n) is 10.9. The Morgan fingerprint density at radius 1 is 0.909 bits per heavy atom. The van der Waals surface area contributed by atoms with E-state index in [1.165, 1.54) is 28.6 Å². The fourth-order valence-electron chi connectivity index (χ4n) is 5.34. The number of hydrogen-bond donors (Lipinski definition) is 1. The van der Waals surface area contributed by atoms with E-state index in [-0.39, 0.29) is 36.0 Å². The Morgan fingerprint density at radius 3 is 2.20 bits per heavy atom. The molecule has 3 aromatic rings. The van der Waals surface area contributed by atoms with Crippen LogP contribution in [0.3, 0.4) is 0 Å². The second-order valence-corrected chi connectivity index (χ2v) is 12.8. The summed E-state index contributed by atoms with van der Waals surface area (Å²) in [6.07, 6.45) is 2.14. The average molecular weight is 622 g/mol. The van der Waals surface area contributed by atoms with Gasteiger partial charge in [0.25, 0.3) is 5.91 Å². The second kappa shape index (κ2) is 15.3. The molecule has 11 heteroatoms. The standard InChI is InChI=1S/C33H39N3O7S/c37-32(25-43-28-13-15-30(16-14-28)44(39,40)35-17-20-41-21-18-35)36(24-27-10-5-2-6-11-27)31(22-26-8-3-1-4-9-26)33(38)34-23-29-12-7-19-42-29/h1-6,8-11,13-16,29,31H,7,12,17-25H2,(H,34,38)/t29-,31-/m0/s1. The van der Waals surface area contributed by atoms with Crippen LogP contribution in [0.15, 0.2) is 89.8 Å². The molecule has 0 bridgehead atoms. The maximum absolute atomic E-state index is 13.8. The first kappa shape index (κ1) is 31.6. The lowest BCUT2D eigenvalue weighted by Gasteiger charge is -2.31. The predicted molar refractivity (Wildman–Crippen MR) is 164 cm³/mol. The largest absolute Gasteiger partial charge is 0.484 e. The Hall–Kier alpha value is -3.77. The highest BCUT2D eigenvalue weighted by atomic mass is 32.2. The van der Waals surface area contributed by atoms with E-state index in [1.54, 1.807) is 4.90 Å². The van der Waals surface area contributed by atoms with Crippen molar-refractivity contribution in [1.29, 1.82) is 0 Å². The minimum atomic E-state index is -3.65. The zero-order chi connectivity index (χ0) is 30.8. The molecule has 0 radical (unpaired) electrons. The van der Waals surface area contributed by atoms with Crippen LogP contribution in [0.2, 0.25) is 0 Å². The highest BCUT2D eigenvalue weighted by molar-refractivity contribution is 7.89. The molecule has 2 saturated heterocycles. The Bertz CT molecular complexity index is 1460. The van der Waals surface area contributed by atoms with Crippen LogP contribution in [0.4, 0.5) is 0 Å². The fourth-order valence-corrected chi connectivity index (χ4v) is 6.75. The first-order valence-corrected chi connectivity index (χ1v) is 16.4. The Balaban J connectivity index is 1.32. The van der Waals surface area contributed by atoms with Crippen LogP contribution >= 0.6 is 0 Å². The van der Waals surface area contributed by atoms with Gasteiger partial charge in [0.1, 0.15) is 11.8 Å². The van der Waals surface area contributed by atoms with Gasteiger partial charge < -0.3 is 24.4 Å². The lowest BCUT2D eigenvalue weighted by atomic mass is 10.0. The van der Waals surface area contributed by atoms with Crippen molar-refractivity contribution in [3.05, 3.63) is 96.1 Å². The summed E-state index contributed by atoms with van der Waals surface area (Å²) in [5.74, 6) is -0.278. The number of morpholine rings is 1. The molecule has 10 nitrogen and oxygen atoms in total. The molecular weight excluding hydrogens is 582 g/mol. The molecule has 44 heavy (non-hydrogen) atoms. The van der Waals surface area contributed by atoms with Crippen molar-refractivity contribution in [3.63, 3.8) is 0 Å². The first-order chi connectivity index (χ1) is 21.4. The monoisotopic (exact) mass is 621 g/mol. The van der Waals surface area contributed by atoms with Crippen molar-refractivity contribution in [3.8, 4) is 5.75 Å². The number of ether oxygens (including phenoxy) is 3. The van der Waals surface area contributed by atoms with Crippen LogP contribution in [0.1, 0.15) is 24.0 Å². The maximum Gasteiger partial charge on any atom is 0.261 e. The number of rotatable bonds is 13. The van der Waals surface area contributed by atoms with E-state index < -0.39 is 16.1 Å². The number of sulfonamides is 1. The minimum Gasteiger partial charge on any atom is -0.484 e. The van der Waals surface area contributed by atoms with Crippen LogP contribution in [-0.2, 0) is 42.1 Å². The lowest BCUT2D eigenvalue weighted by Crippen LogP contribution is -2.52. The van der Waals surface area contributed by atoms with Gasteiger partial charge in [0.05, 0.1) is 24.2 Å². The van der Waals surface area contributed by atoms with Crippen LogP contribution in [0.25, 0.3) is 0 Å². The van der Waals surface area contributed by atoms with Gasteiger partial charge in [0.15, 0.2) is 6.61 Å². The molecule has 0 saturated carbocycles. The highest BCUT2D eigenvalue weighted by Crippen LogP contribution is 2.21. The first-order valence-electron chi connectivity index (χ1n) is 15.0. The quantitative estimate of drug-likeness (QED) is 0.312. The molecular formula is C33H39N3O7S. The molecule has 0 aliphatic carbocycles. The number of nitrogens with zero attached hydrogens (tertiary/aromatic N) is 2. The van der Waals surface area contributed by atoms with E-state index in [4.69, 9.17) is 14.2 Å². The Kier molecular flexibility index (Phi) is 11.0. The normalized spacial score (nSPS) is 18.0. The molecule has 2 aliphatic rings. The van der Waals surface area contributed by atoms with Gasteiger partial charge >= 0.3 is 0 Å². The van der Waals surface area contributed by atoms with Gasteiger partial charge in [0.2, 0.25) is 15.9 Å². The number of benzene rings is 3. The summed E-state index contributed by atoms with van der Waals surface area (Å²) < 4.78 is 44.2. The van der Waals surface area contributed by atoms with Crippen molar-refractivity contribution >= 4 is 21.8 Å². The van der Waals surface area contributed by atoms with Gasteiger partial charge in [-0.05, 0) is 48.2 Å². The summed E-state index contributed by atoms with van der Waals surface area (Å²) in [5.41, 5.74) is 1.80. The van der Waals surface area contributed by atoms with Gasteiger partial charge in [-0.2, -0.15) is 4.31 Å². The van der Waals surface area contributed by atoms with Crippen molar-refractivity contribution in [2.75, 3.05) is 46.1 Å². The van der Waals surface area contributed by atoms with Gasteiger partial charge in [-0.15, -0.1) is 0 Å². The molecule has 2 fully saturated rings. The third kappa shape index (κ3) is 8.44. The summed E-state index contributed by atoms with van der Waals surface area (Å²) in [4.78, 5) is 29.2. The zero-order valence-corrected chi connectivity index (χ0v) is 25.5. The topological polar surface area (TPSA) is 114 Å². The van der Waals surface area contributed by atoms with Gasteiger partial charge in [-0.1, -0.05) is 60.7 Å². The smallest absolute Gasteiger partial charge is 0.261 e. The van der Waals surface area contributed by atoms with E-state index in [9.17, 15) is 18.0 Å². The van der Waals surface area contributed by atoms with E-state index in [0.29, 0.717) is 51.6 Å². The highest BCUT2D eigenvalue weighted by Gasteiger charge is 2.32. The fraction of sp³-hybridized carbons (Fsp3) is 0.394. The van der Waals surface area contributed by atoms with Crippen molar-refractivity contribution in [1.82, 2.24) is 14.5 Å². The van der Waals surface area contributed by atoms with Gasteiger partial charge in [0, 0.05) is 39.2 Å². The Morgan fingerprint density at radius 2 is 1.57 bits per heavy atom. The summed E-state index contributed by atoms with van der Waals surface area (Å²) in [5, 5.41) is 3.02. The summed E-state index contributed by atoms with van der Waals surface area (Å²) >= 11 is 0. The molecule has 0 aromatic heterocycles. The molecule has 5 rings (SSSR count). The zero-order valence-electron chi connectivity index (χ0n) is 24.7.